The fourth-order valence-electron chi connectivity index (χ4n) is 3.66. The Hall–Kier alpha value is -2.53. The van der Waals surface area contributed by atoms with Crippen molar-refractivity contribution in [3.05, 3.63) is 11.7 Å². The Bertz CT molecular complexity index is 742. The number of piperidine rings is 1. The van der Waals surface area contributed by atoms with Gasteiger partial charge in [-0.15, -0.1) is 0 Å². The Labute approximate surface area is 163 Å². The summed E-state index contributed by atoms with van der Waals surface area (Å²) in [5, 5.41) is 6.99. The average molecular weight is 394 g/mol. The number of amides is 4. The largest absolute Gasteiger partial charge is 0.385 e. The number of imide groups is 1. The number of carbonyl (C=O) groups excluding carboxylic acids is 3. The number of ether oxygens (including phenoxy) is 1. The second-order valence-electron chi connectivity index (χ2n) is 7.17. The fraction of sp³-hybridized carbons (Fsp3) is 0.706. The molecule has 2 aliphatic rings. The highest BCUT2D eigenvalue weighted by Crippen LogP contribution is 2.36. The van der Waals surface area contributed by atoms with E-state index in [-0.39, 0.29) is 30.2 Å². The van der Waals surface area contributed by atoms with E-state index in [2.05, 4.69) is 15.5 Å². The van der Waals surface area contributed by atoms with Crippen molar-refractivity contribution in [1.29, 1.82) is 0 Å². The molecule has 0 radical (unpaired) electrons. The van der Waals surface area contributed by atoms with Crippen molar-refractivity contribution in [2.24, 2.45) is 0 Å². The van der Waals surface area contributed by atoms with E-state index in [4.69, 9.17) is 9.26 Å². The van der Waals surface area contributed by atoms with Gasteiger partial charge in [0.1, 0.15) is 5.54 Å². The van der Waals surface area contributed by atoms with Crippen LogP contribution in [0.5, 0.6) is 0 Å². The van der Waals surface area contributed by atoms with E-state index >= 15 is 0 Å². The predicted octanol–water partition coefficient (Wildman–Crippen LogP) is -0.306. The molecule has 0 unspecified atom stereocenters. The lowest BCUT2D eigenvalue weighted by Gasteiger charge is -2.38. The number of urea groups is 1. The zero-order chi connectivity index (χ0) is 20.3. The molecule has 11 heteroatoms. The first-order chi connectivity index (χ1) is 13.4. The van der Waals surface area contributed by atoms with Crippen molar-refractivity contribution in [3.8, 4) is 0 Å². The molecule has 3 rings (SSSR count). The van der Waals surface area contributed by atoms with Crippen LogP contribution in [0.2, 0.25) is 0 Å². The van der Waals surface area contributed by atoms with E-state index in [1.54, 1.807) is 26.1 Å². The van der Waals surface area contributed by atoms with Crippen LogP contribution in [-0.2, 0) is 16.1 Å². The molecule has 1 aromatic rings. The minimum atomic E-state index is -0.845. The summed E-state index contributed by atoms with van der Waals surface area (Å²) in [5.41, 5.74) is -0.845. The van der Waals surface area contributed by atoms with Gasteiger partial charge in [0.15, 0.2) is 5.82 Å². The number of hydrogen-bond donors (Lipinski definition) is 1. The Morgan fingerprint density at radius 3 is 2.68 bits per heavy atom. The van der Waals surface area contributed by atoms with Crippen LogP contribution in [-0.4, -0.2) is 95.7 Å². The topological polar surface area (TPSA) is 121 Å². The second kappa shape index (κ2) is 8.23. The maximum atomic E-state index is 13.2. The first-order valence-electron chi connectivity index (χ1n) is 9.28. The first-order valence-corrected chi connectivity index (χ1v) is 9.28. The van der Waals surface area contributed by atoms with Gasteiger partial charge in [0.05, 0.1) is 6.54 Å². The highest BCUT2D eigenvalue weighted by molar-refractivity contribution is 6.07. The molecule has 154 valence electrons. The summed E-state index contributed by atoms with van der Waals surface area (Å²) in [4.78, 5) is 46.4. The molecule has 0 saturated carbocycles. The van der Waals surface area contributed by atoms with E-state index in [9.17, 15) is 14.4 Å². The third-order valence-corrected chi connectivity index (χ3v) is 5.14. The van der Waals surface area contributed by atoms with Crippen molar-refractivity contribution in [1.82, 2.24) is 30.2 Å². The quantitative estimate of drug-likeness (QED) is 0.494. The molecule has 28 heavy (non-hydrogen) atoms. The smallest absolute Gasteiger partial charge is 0.328 e. The van der Waals surface area contributed by atoms with Gasteiger partial charge in [0.2, 0.25) is 0 Å². The van der Waals surface area contributed by atoms with Gasteiger partial charge in [-0.05, 0) is 32.4 Å². The second-order valence-corrected chi connectivity index (χ2v) is 7.17. The number of carbonyl (C=O) groups is 3. The van der Waals surface area contributed by atoms with Gasteiger partial charge in [-0.2, -0.15) is 4.98 Å². The summed E-state index contributed by atoms with van der Waals surface area (Å²) in [7, 11) is 4.74. The zero-order valence-electron chi connectivity index (χ0n) is 16.4. The molecule has 2 fully saturated rings. The van der Waals surface area contributed by atoms with Gasteiger partial charge in [-0.3, -0.25) is 14.5 Å². The summed E-state index contributed by atoms with van der Waals surface area (Å²) in [6.07, 6.45) is 1.75. The Kier molecular flexibility index (Phi) is 5.94. The standard InChI is InChI=1S/C17H26N6O5/c1-21(2)14(24)13-19-12(20-28-13)11-22-15(25)17(5-7-18-8-6-17)23(16(22)26)9-4-10-27-3/h18H,4-11H2,1-3H3. The summed E-state index contributed by atoms with van der Waals surface area (Å²) in [6.45, 7) is 2.14. The Morgan fingerprint density at radius 2 is 2.04 bits per heavy atom. The van der Waals surface area contributed by atoms with Crippen molar-refractivity contribution >= 4 is 17.8 Å². The van der Waals surface area contributed by atoms with Gasteiger partial charge in [-0.25, -0.2) is 4.79 Å². The highest BCUT2D eigenvalue weighted by Gasteiger charge is 2.57. The number of nitrogens with one attached hydrogen (secondary N) is 1. The van der Waals surface area contributed by atoms with Crippen LogP contribution in [0.1, 0.15) is 35.8 Å². The van der Waals surface area contributed by atoms with E-state index in [1.807, 2.05) is 0 Å². The lowest BCUT2D eigenvalue weighted by Crippen LogP contribution is -2.56. The summed E-state index contributed by atoms with van der Waals surface area (Å²) >= 11 is 0. The monoisotopic (exact) mass is 394 g/mol. The number of aromatic nitrogens is 2. The molecule has 11 nitrogen and oxygen atoms in total. The molecule has 0 aliphatic carbocycles. The molecular formula is C17H26N6O5. The van der Waals surface area contributed by atoms with Crippen LogP contribution in [0.25, 0.3) is 0 Å². The Balaban J connectivity index is 1.80. The van der Waals surface area contributed by atoms with Crippen LogP contribution in [0.4, 0.5) is 4.79 Å². The number of nitrogens with zero attached hydrogens (tertiary/aromatic N) is 5. The lowest BCUT2D eigenvalue weighted by atomic mass is 9.86. The normalized spacial score (nSPS) is 19.0. The van der Waals surface area contributed by atoms with Crippen molar-refractivity contribution in [3.63, 3.8) is 0 Å². The van der Waals surface area contributed by atoms with E-state index in [0.29, 0.717) is 45.5 Å². The zero-order valence-corrected chi connectivity index (χ0v) is 16.4. The molecule has 0 bridgehead atoms. The van der Waals surface area contributed by atoms with Crippen LogP contribution in [0, 0.1) is 0 Å². The Morgan fingerprint density at radius 1 is 1.32 bits per heavy atom. The minimum Gasteiger partial charge on any atom is -0.385 e. The van der Waals surface area contributed by atoms with Crippen LogP contribution >= 0.6 is 0 Å². The third-order valence-electron chi connectivity index (χ3n) is 5.14. The number of methoxy groups -OCH3 is 1. The van der Waals surface area contributed by atoms with E-state index in [0.717, 1.165) is 4.90 Å². The van der Waals surface area contributed by atoms with Gasteiger partial charge < -0.3 is 24.4 Å². The molecule has 2 aliphatic heterocycles. The summed E-state index contributed by atoms with van der Waals surface area (Å²) in [5.74, 6) is -0.738. The molecule has 0 aromatic carbocycles. The van der Waals surface area contributed by atoms with Gasteiger partial charge in [0, 0.05) is 34.4 Å². The minimum absolute atomic E-state index is 0.120. The van der Waals surface area contributed by atoms with Gasteiger partial charge >= 0.3 is 17.8 Å². The van der Waals surface area contributed by atoms with E-state index < -0.39 is 11.4 Å². The lowest BCUT2D eigenvalue weighted by molar-refractivity contribution is -0.135. The van der Waals surface area contributed by atoms with Crippen LogP contribution in [0.3, 0.4) is 0 Å². The van der Waals surface area contributed by atoms with Crippen molar-refractivity contribution < 1.29 is 23.6 Å². The summed E-state index contributed by atoms with van der Waals surface area (Å²) in [6, 6.07) is -0.367. The molecule has 1 aromatic heterocycles. The number of hydrogen-bond acceptors (Lipinski definition) is 8. The maximum Gasteiger partial charge on any atom is 0.328 e. The molecular weight excluding hydrogens is 368 g/mol. The van der Waals surface area contributed by atoms with E-state index in [1.165, 1.54) is 4.90 Å². The molecule has 3 heterocycles. The molecule has 2 saturated heterocycles. The van der Waals surface area contributed by atoms with Gasteiger partial charge in [0.25, 0.3) is 5.91 Å². The predicted molar refractivity (Wildman–Crippen MR) is 96.3 cm³/mol. The number of rotatable bonds is 7. The van der Waals surface area contributed by atoms with Crippen LogP contribution in [0.15, 0.2) is 4.52 Å². The molecule has 1 spiro atoms. The van der Waals surface area contributed by atoms with Crippen molar-refractivity contribution in [2.75, 3.05) is 47.4 Å². The first kappa shape index (κ1) is 20.2. The fourth-order valence-corrected chi connectivity index (χ4v) is 3.66. The maximum absolute atomic E-state index is 13.2. The van der Waals surface area contributed by atoms with Gasteiger partial charge in [-0.1, -0.05) is 5.16 Å². The average Bonchev–Trinajstić information content (AvgIpc) is 3.22. The highest BCUT2D eigenvalue weighted by atomic mass is 16.5. The molecule has 0 atom stereocenters. The summed E-state index contributed by atoms with van der Waals surface area (Å²) < 4.78 is 10.1. The third kappa shape index (κ3) is 3.59. The SMILES string of the molecule is COCCCN1C(=O)N(Cc2noc(C(=O)N(C)C)n2)C(=O)C12CCNCC2. The van der Waals surface area contributed by atoms with Crippen molar-refractivity contribution in [2.45, 2.75) is 31.3 Å². The molecule has 4 amide bonds. The molecule has 1 N–H and O–H groups in total. The van der Waals surface area contributed by atoms with Crippen LogP contribution < -0.4 is 5.32 Å².